The molecule has 1 amide bonds. The maximum Gasteiger partial charge on any atom is 0.358 e. The van der Waals surface area contributed by atoms with Crippen LogP contribution in [0.25, 0.3) is 10.6 Å². The predicted octanol–water partition coefficient (Wildman–Crippen LogP) is 4.10. The molecule has 1 aliphatic rings. The second kappa shape index (κ2) is 9.91. The lowest BCUT2D eigenvalue weighted by Crippen LogP contribution is -2.36. The van der Waals surface area contributed by atoms with Gasteiger partial charge in [-0.05, 0) is 36.4 Å². The largest absolute Gasteiger partial charge is 0.451 e. The number of hydrogen-bond donors (Lipinski definition) is 1. The van der Waals surface area contributed by atoms with Crippen LogP contribution in [0.1, 0.15) is 10.5 Å². The molecule has 0 spiro atoms. The third-order valence-electron chi connectivity index (χ3n) is 4.67. The Labute approximate surface area is 188 Å². The summed E-state index contributed by atoms with van der Waals surface area (Å²) in [6.45, 7) is 2.72. The average molecular weight is 458 g/mol. The minimum atomic E-state index is -0.644. The van der Waals surface area contributed by atoms with Crippen LogP contribution in [-0.2, 0) is 14.3 Å². The van der Waals surface area contributed by atoms with Crippen molar-refractivity contribution >= 4 is 46.2 Å². The van der Waals surface area contributed by atoms with Gasteiger partial charge in [-0.25, -0.2) is 9.78 Å². The molecule has 2 heterocycles. The Bertz CT molecular complexity index is 1050. The van der Waals surface area contributed by atoms with E-state index >= 15 is 0 Å². The van der Waals surface area contributed by atoms with Gasteiger partial charge in [0.2, 0.25) is 0 Å². The Hall–Kier alpha value is -2.94. The van der Waals surface area contributed by atoms with Crippen LogP contribution in [0.15, 0.2) is 53.9 Å². The molecule has 0 saturated carbocycles. The summed E-state index contributed by atoms with van der Waals surface area (Å²) in [7, 11) is 0. The second-order valence-electron chi connectivity index (χ2n) is 6.82. The van der Waals surface area contributed by atoms with Gasteiger partial charge < -0.3 is 19.7 Å². The lowest BCUT2D eigenvalue weighted by atomic mass is 10.2. The highest BCUT2D eigenvalue weighted by Crippen LogP contribution is 2.25. The Morgan fingerprint density at radius 2 is 1.81 bits per heavy atom. The first-order valence-corrected chi connectivity index (χ1v) is 11.0. The topological polar surface area (TPSA) is 80.8 Å². The normalized spacial score (nSPS) is 13.6. The van der Waals surface area contributed by atoms with Crippen LogP contribution in [0.3, 0.4) is 0 Å². The number of carbonyl (C=O) groups excluding carboxylic acids is 2. The van der Waals surface area contributed by atoms with E-state index in [9.17, 15) is 9.59 Å². The molecule has 0 radical (unpaired) electrons. The molecule has 1 aromatic heterocycles. The molecule has 1 saturated heterocycles. The fourth-order valence-corrected chi connectivity index (χ4v) is 3.99. The number of anilines is 2. The maximum absolute atomic E-state index is 12.2. The summed E-state index contributed by atoms with van der Waals surface area (Å²) in [5, 5.41) is 5.63. The lowest BCUT2D eigenvalue weighted by molar-refractivity contribution is -0.119. The Kier molecular flexibility index (Phi) is 6.81. The third kappa shape index (κ3) is 5.61. The Balaban J connectivity index is 1.27. The van der Waals surface area contributed by atoms with Gasteiger partial charge in [0.15, 0.2) is 12.3 Å². The molecule has 0 unspecified atom stereocenters. The van der Waals surface area contributed by atoms with E-state index in [0.29, 0.717) is 28.9 Å². The predicted molar refractivity (Wildman–Crippen MR) is 121 cm³/mol. The number of nitrogens with one attached hydrogen (secondary N) is 1. The van der Waals surface area contributed by atoms with Crippen molar-refractivity contribution in [3.05, 3.63) is 64.6 Å². The Morgan fingerprint density at radius 3 is 2.52 bits per heavy atom. The van der Waals surface area contributed by atoms with Gasteiger partial charge in [0.1, 0.15) is 5.01 Å². The average Bonchev–Trinajstić information content (AvgIpc) is 3.29. The van der Waals surface area contributed by atoms with Gasteiger partial charge in [-0.15, -0.1) is 11.3 Å². The standard InChI is InChI=1S/C22H20ClN3O4S/c23-16-3-1-15(2-4-16)21-25-19(14-31-21)22(28)30-13-20(27)24-17-5-7-18(8-6-17)26-9-11-29-12-10-26/h1-8,14H,9-13H2,(H,24,27). The molecule has 2 aromatic carbocycles. The van der Waals surface area contributed by atoms with Crippen LogP contribution < -0.4 is 10.2 Å². The number of benzene rings is 2. The first-order chi connectivity index (χ1) is 15.1. The van der Waals surface area contributed by atoms with Crippen molar-refractivity contribution in [1.29, 1.82) is 0 Å². The fraction of sp³-hybridized carbons (Fsp3) is 0.227. The van der Waals surface area contributed by atoms with Crippen LogP contribution in [-0.4, -0.2) is 49.8 Å². The van der Waals surface area contributed by atoms with Gasteiger partial charge in [0, 0.05) is 40.4 Å². The molecule has 9 heteroatoms. The van der Waals surface area contributed by atoms with E-state index in [4.69, 9.17) is 21.1 Å². The smallest absolute Gasteiger partial charge is 0.358 e. The van der Waals surface area contributed by atoms with E-state index in [0.717, 1.165) is 24.3 Å². The van der Waals surface area contributed by atoms with Crippen molar-refractivity contribution < 1.29 is 19.1 Å². The molecule has 3 aromatic rings. The fourth-order valence-electron chi connectivity index (χ4n) is 3.07. The van der Waals surface area contributed by atoms with Gasteiger partial charge in [-0.1, -0.05) is 23.7 Å². The highest BCUT2D eigenvalue weighted by Gasteiger charge is 2.16. The zero-order valence-corrected chi connectivity index (χ0v) is 18.1. The summed E-state index contributed by atoms with van der Waals surface area (Å²) >= 11 is 7.21. The lowest BCUT2D eigenvalue weighted by Gasteiger charge is -2.28. The summed E-state index contributed by atoms with van der Waals surface area (Å²) in [5.74, 6) is -1.06. The molecule has 160 valence electrons. The number of aromatic nitrogens is 1. The number of amides is 1. The van der Waals surface area contributed by atoms with Crippen molar-refractivity contribution in [3.63, 3.8) is 0 Å². The van der Waals surface area contributed by atoms with Crippen molar-refractivity contribution in [2.75, 3.05) is 43.1 Å². The van der Waals surface area contributed by atoms with Crippen LogP contribution in [0.2, 0.25) is 5.02 Å². The van der Waals surface area contributed by atoms with Crippen molar-refractivity contribution in [2.24, 2.45) is 0 Å². The van der Waals surface area contributed by atoms with Gasteiger partial charge >= 0.3 is 5.97 Å². The molecular formula is C22H20ClN3O4S. The molecule has 0 atom stereocenters. The number of esters is 1. The van der Waals surface area contributed by atoms with Crippen LogP contribution in [0.5, 0.6) is 0 Å². The number of thiazole rings is 1. The summed E-state index contributed by atoms with van der Waals surface area (Å²) in [4.78, 5) is 30.9. The van der Waals surface area contributed by atoms with E-state index in [1.807, 2.05) is 36.4 Å². The maximum atomic E-state index is 12.2. The number of hydrogen-bond acceptors (Lipinski definition) is 7. The number of rotatable bonds is 6. The molecule has 31 heavy (non-hydrogen) atoms. The molecule has 0 bridgehead atoms. The molecule has 1 aliphatic heterocycles. The highest BCUT2D eigenvalue weighted by atomic mass is 35.5. The molecule has 0 aliphatic carbocycles. The van der Waals surface area contributed by atoms with Gasteiger partial charge in [0.05, 0.1) is 13.2 Å². The minimum absolute atomic E-state index is 0.164. The van der Waals surface area contributed by atoms with Crippen LogP contribution in [0.4, 0.5) is 11.4 Å². The number of halogens is 1. The van der Waals surface area contributed by atoms with Gasteiger partial charge in [-0.3, -0.25) is 4.79 Å². The summed E-state index contributed by atoms with van der Waals surface area (Å²) < 4.78 is 10.5. The van der Waals surface area contributed by atoms with Crippen LogP contribution >= 0.6 is 22.9 Å². The molecule has 4 rings (SSSR count). The first-order valence-electron chi connectivity index (χ1n) is 9.70. The minimum Gasteiger partial charge on any atom is -0.451 e. The van der Waals surface area contributed by atoms with Crippen LogP contribution in [0, 0.1) is 0 Å². The number of morpholine rings is 1. The first kappa shape index (κ1) is 21.3. The van der Waals surface area contributed by atoms with E-state index in [1.165, 1.54) is 11.3 Å². The van der Waals surface area contributed by atoms with Gasteiger partial charge in [-0.2, -0.15) is 0 Å². The van der Waals surface area contributed by atoms with E-state index in [2.05, 4.69) is 15.2 Å². The van der Waals surface area contributed by atoms with E-state index < -0.39 is 18.5 Å². The molecule has 1 N–H and O–H groups in total. The number of nitrogens with zero attached hydrogens (tertiary/aromatic N) is 2. The highest BCUT2D eigenvalue weighted by molar-refractivity contribution is 7.13. The molecular weight excluding hydrogens is 438 g/mol. The quantitative estimate of drug-likeness (QED) is 0.561. The number of carbonyl (C=O) groups is 2. The zero-order valence-electron chi connectivity index (χ0n) is 16.5. The van der Waals surface area contributed by atoms with E-state index in [-0.39, 0.29) is 5.69 Å². The summed E-state index contributed by atoms with van der Waals surface area (Å²) in [6.07, 6.45) is 0. The third-order valence-corrected chi connectivity index (χ3v) is 5.81. The molecule has 1 fully saturated rings. The molecule has 7 nitrogen and oxygen atoms in total. The SMILES string of the molecule is O=C(COC(=O)c1csc(-c2ccc(Cl)cc2)n1)Nc1ccc(N2CCOCC2)cc1. The summed E-state index contributed by atoms with van der Waals surface area (Å²) in [6, 6.07) is 14.7. The van der Waals surface area contributed by atoms with E-state index in [1.54, 1.807) is 17.5 Å². The van der Waals surface area contributed by atoms with Gasteiger partial charge in [0.25, 0.3) is 5.91 Å². The van der Waals surface area contributed by atoms with Crippen molar-refractivity contribution in [3.8, 4) is 10.6 Å². The Morgan fingerprint density at radius 1 is 1.10 bits per heavy atom. The van der Waals surface area contributed by atoms with Crippen molar-refractivity contribution in [1.82, 2.24) is 4.98 Å². The second-order valence-corrected chi connectivity index (χ2v) is 8.11. The summed E-state index contributed by atoms with van der Waals surface area (Å²) in [5.41, 5.74) is 2.73. The monoisotopic (exact) mass is 457 g/mol. The number of ether oxygens (including phenoxy) is 2. The van der Waals surface area contributed by atoms with Crippen molar-refractivity contribution in [2.45, 2.75) is 0 Å². The zero-order chi connectivity index (χ0) is 21.6.